The summed E-state index contributed by atoms with van der Waals surface area (Å²) in [7, 11) is 1.75. The maximum absolute atomic E-state index is 14.3. The van der Waals surface area contributed by atoms with E-state index in [0.717, 1.165) is 148 Å². The van der Waals surface area contributed by atoms with Gasteiger partial charge in [0, 0.05) is 67.4 Å². The van der Waals surface area contributed by atoms with Crippen LogP contribution >= 0.6 is 11.3 Å². The third-order valence-electron chi connectivity index (χ3n) is 15.7. The molecule has 0 bridgehead atoms. The molecule has 3 aromatic carbocycles. The van der Waals surface area contributed by atoms with Crippen molar-refractivity contribution in [3.63, 3.8) is 0 Å². The number of hydrogen-bond acceptors (Lipinski definition) is 12. The molecule has 0 radical (unpaired) electrons. The summed E-state index contributed by atoms with van der Waals surface area (Å²) in [5, 5.41) is 23.3. The Morgan fingerprint density at radius 3 is 2.32 bits per heavy atom. The number of β-amino-alcohol motifs (C(OH)–C–C–N with tert-alkyl or cyclic N) is 1. The minimum absolute atomic E-state index is 0.0352. The molecule has 3 N–H and O–H groups in total. The number of fused-ring (bicyclic) bond motifs is 1. The lowest BCUT2D eigenvalue weighted by Crippen LogP contribution is -2.55. The number of ether oxygens (including phenoxy) is 1. The highest BCUT2D eigenvalue weighted by atomic mass is 32.1. The first kappa shape index (κ1) is 53.8. The van der Waals surface area contributed by atoms with E-state index in [1.54, 1.807) is 7.05 Å². The molecule has 1 saturated carbocycles. The molecule has 2 aliphatic heterocycles. The summed E-state index contributed by atoms with van der Waals surface area (Å²) in [6, 6.07) is 27.7. The Morgan fingerprint density at radius 1 is 0.800 bits per heavy atom. The summed E-state index contributed by atoms with van der Waals surface area (Å²) in [6.07, 6.45) is 15.7. The maximum atomic E-state index is 14.3. The van der Waals surface area contributed by atoms with E-state index >= 15 is 0 Å². The van der Waals surface area contributed by atoms with E-state index in [9.17, 15) is 19.5 Å². The monoisotopic (exact) mass is 1040 g/mol. The molecule has 5 heterocycles. The number of carbonyl (C=O) groups excluding carboxylic acids is 3. The fourth-order valence-corrected chi connectivity index (χ4v) is 12.2. The molecule has 398 valence electrons. The average Bonchev–Trinajstić information content (AvgIpc) is 4.22. The summed E-state index contributed by atoms with van der Waals surface area (Å²) in [5.74, 6) is 1.49. The number of likely N-dealkylation sites (N-methyl/N-ethyl adjacent to an activating group) is 1. The summed E-state index contributed by atoms with van der Waals surface area (Å²) >= 11 is 1.43. The van der Waals surface area contributed by atoms with Gasteiger partial charge in [-0.15, -0.1) is 11.3 Å². The Kier molecular flexibility index (Phi) is 18.8. The van der Waals surface area contributed by atoms with Crippen LogP contribution in [-0.4, -0.2) is 124 Å². The highest BCUT2D eigenvalue weighted by molar-refractivity contribution is 7.10. The second-order valence-electron chi connectivity index (χ2n) is 20.9. The molecule has 15 heteroatoms. The molecule has 14 nitrogen and oxygen atoms in total. The molecule has 1 aliphatic carbocycles. The quantitative estimate of drug-likeness (QED) is 0.0392. The van der Waals surface area contributed by atoms with Gasteiger partial charge in [-0.2, -0.15) is 9.61 Å². The maximum Gasteiger partial charge on any atom is 0.246 e. The minimum atomic E-state index is -0.563. The molecule has 0 unspecified atom stereocenters. The van der Waals surface area contributed by atoms with Crippen LogP contribution in [0.2, 0.25) is 0 Å². The van der Waals surface area contributed by atoms with Crippen LogP contribution in [0.25, 0.3) is 28.0 Å². The molecular formula is C60H77N9O5S. The topological polar surface area (TPSA) is 158 Å². The van der Waals surface area contributed by atoms with Gasteiger partial charge in [0.1, 0.15) is 28.3 Å². The molecule has 3 atom stereocenters. The van der Waals surface area contributed by atoms with Crippen LogP contribution in [0, 0.1) is 12.8 Å². The molecule has 0 spiro atoms. The van der Waals surface area contributed by atoms with Gasteiger partial charge in [-0.1, -0.05) is 118 Å². The van der Waals surface area contributed by atoms with E-state index in [2.05, 4.69) is 82.0 Å². The van der Waals surface area contributed by atoms with Gasteiger partial charge < -0.3 is 30.3 Å². The number of likely N-dealkylation sites (tertiary alicyclic amines) is 1. The minimum Gasteiger partial charge on any atom is -0.494 e. The number of nitrogens with zero attached hydrogens (tertiary/aromatic N) is 7. The highest BCUT2D eigenvalue weighted by Gasteiger charge is 2.40. The van der Waals surface area contributed by atoms with Gasteiger partial charge in [-0.25, -0.2) is 9.97 Å². The van der Waals surface area contributed by atoms with E-state index in [-0.39, 0.29) is 36.2 Å². The number of ketones is 1. The number of aliphatic hydroxyl groups excluding tert-OH is 1. The van der Waals surface area contributed by atoms with E-state index in [0.29, 0.717) is 36.7 Å². The first-order valence-electron chi connectivity index (χ1n) is 27.8. The normalized spacial score (nSPS) is 17.4. The Hall–Kier alpha value is -6.00. The zero-order chi connectivity index (χ0) is 52.1. The second kappa shape index (κ2) is 26.2. The number of thiazole rings is 1. The summed E-state index contributed by atoms with van der Waals surface area (Å²) in [6.45, 7) is 9.50. The molecule has 2 amide bonds. The zero-order valence-corrected chi connectivity index (χ0v) is 45.2. The lowest BCUT2D eigenvalue weighted by molar-refractivity contribution is -0.139. The van der Waals surface area contributed by atoms with Crippen LogP contribution in [0.3, 0.4) is 0 Å². The Morgan fingerprint density at radius 2 is 1.55 bits per heavy atom. The Labute approximate surface area is 447 Å². The highest BCUT2D eigenvalue weighted by Crippen LogP contribution is 2.38. The summed E-state index contributed by atoms with van der Waals surface area (Å²) in [5.41, 5.74) is 8.33. The van der Waals surface area contributed by atoms with E-state index in [1.807, 2.05) is 52.1 Å². The van der Waals surface area contributed by atoms with Gasteiger partial charge in [0.2, 0.25) is 17.6 Å². The molecule has 3 fully saturated rings. The third-order valence-corrected chi connectivity index (χ3v) is 16.7. The second-order valence-corrected chi connectivity index (χ2v) is 21.8. The molecule has 9 rings (SSSR count). The van der Waals surface area contributed by atoms with Crippen molar-refractivity contribution >= 4 is 40.4 Å². The molecule has 2 saturated heterocycles. The van der Waals surface area contributed by atoms with Crippen LogP contribution in [-0.2, 0) is 16.0 Å². The predicted octanol–water partition coefficient (Wildman–Crippen LogP) is 9.86. The van der Waals surface area contributed by atoms with Crippen molar-refractivity contribution in [2.75, 3.05) is 64.4 Å². The van der Waals surface area contributed by atoms with Crippen molar-refractivity contribution < 1.29 is 24.2 Å². The van der Waals surface area contributed by atoms with Crippen molar-refractivity contribution in [3.05, 3.63) is 118 Å². The summed E-state index contributed by atoms with van der Waals surface area (Å²) in [4.78, 5) is 57.7. The molecular weight excluding hydrogens is 959 g/mol. The number of carbonyl (C=O) groups is 3. The molecule has 6 aromatic rings. The number of piperazine rings is 1. The lowest BCUT2D eigenvalue weighted by atomic mass is 9.83. The number of hydrogen-bond donors (Lipinski definition) is 3. The first-order chi connectivity index (χ1) is 36.7. The van der Waals surface area contributed by atoms with Gasteiger partial charge in [-0.3, -0.25) is 19.3 Å². The van der Waals surface area contributed by atoms with Crippen molar-refractivity contribution in [2.45, 2.75) is 128 Å². The van der Waals surface area contributed by atoms with Gasteiger partial charge in [0.25, 0.3) is 0 Å². The number of nitrogens with one attached hydrogen (secondary N) is 2. The SMILES string of the molecule is CN[C@@H](C)C(=O)N[C@H](C(=O)N1CCC[C@H]1c1nc(C(=O)c2cccc(OCCCCCCCCCc3cccc(-c4c(C)nn5c(N6CCN(CCO)CC6)cc(-c6ccccc6)nc45)c3)c2)cs1)C1CCCCC1. The van der Waals surface area contributed by atoms with E-state index < -0.39 is 12.1 Å². The van der Waals surface area contributed by atoms with Crippen LogP contribution in [0.4, 0.5) is 5.82 Å². The number of aryl methyl sites for hydroxylation is 2. The number of amides is 2. The number of unbranched alkanes of at least 4 members (excludes halogenated alkanes) is 6. The smallest absolute Gasteiger partial charge is 0.246 e. The van der Waals surface area contributed by atoms with Crippen LogP contribution in [0.1, 0.15) is 135 Å². The third kappa shape index (κ3) is 13.3. The Bertz CT molecular complexity index is 2840. The average molecular weight is 1040 g/mol. The first-order valence-corrected chi connectivity index (χ1v) is 28.7. The standard InChI is InChI=1S/C60H77N9O5S/c1-42-54(57-62-50(45-22-12-9-13-23-45)40-53(69(57)65-42)67-33-31-66(32-34-67)35-36-70)47-26-17-21-44(38-47)20-11-7-5-4-6-8-16-37-74-49-28-18-27-48(39-49)56(71)51-41-75-59(63-51)52-29-19-30-68(52)60(73)55(46-24-14-10-15-25-46)64-58(72)43(2)61-3/h9,12-13,17-18,21-23,26-28,38-41,43,46,52,55,61,70H,4-8,10-11,14-16,19-20,24-25,29-37H2,1-3H3,(H,64,72)/t43-,52-,55-/m0/s1. The molecule has 3 aliphatic rings. The fraction of sp³-hybridized carbons (Fsp3) is 0.500. The van der Waals surface area contributed by atoms with E-state index in [4.69, 9.17) is 19.8 Å². The summed E-state index contributed by atoms with van der Waals surface area (Å²) < 4.78 is 8.19. The fourth-order valence-electron chi connectivity index (χ4n) is 11.3. The van der Waals surface area contributed by atoms with Gasteiger partial charge in [0.05, 0.1) is 36.7 Å². The number of anilines is 1. The van der Waals surface area contributed by atoms with Gasteiger partial charge in [-0.05, 0) is 95.0 Å². The van der Waals surface area contributed by atoms with Gasteiger partial charge in [0.15, 0.2) is 5.65 Å². The number of rotatable bonds is 24. The van der Waals surface area contributed by atoms with Crippen LogP contribution < -0.4 is 20.3 Å². The molecule has 3 aromatic heterocycles. The molecule has 75 heavy (non-hydrogen) atoms. The zero-order valence-electron chi connectivity index (χ0n) is 44.4. The van der Waals surface area contributed by atoms with Crippen molar-refractivity contribution in [1.82, 2.24) is 40.0 Å². The number of benzene rings is 3. The van der Waals surface area contributed by atoms with Crippen LogP contribution in [0.15, 0.2) is 90.3 Å². The van der Waals surface area contributed by atoms with Crippen molar-refractivity contribution in [1.29, 1.82) is 0 Å². The van der Waals surface area contributed by atoms with E-state index in [1.165, 1.54) is 36.2 Å². The predicted molar refractivity (Wildman–Crippen MR) is 299 cm³/mol. The van der Waals surface area contributed by atoms with Gasteiger partial charge >= 0.3 is 0 Å². The number of aliphatic hydroxyl groups is 1. The van der Waals surface area contributed by atoms with Crippen molar-refractivity contribution in [2.24, 2.45) is 5.92 Å². The lowest BCUT2D eigenvalue weighted by Gasteiger charge is -2.35. The van der Waals surface area contributed by atoms with Crippen LogP contribution in [0.5, 0.6) is 5.75 Å². The number of aromatic nitrogens is 4. The largest absolute Gasteiger partial charge is 0.494 e. The van der Waals surface area contributed by atoms with Crippen molar-refractivity contribution in [3.8, 4) is 28.1 Å². The Balaban J connectivity index is 0.721.